The van der Waals surface area contributed by atoms with Crippen LogP contribution in [0.15, 0.2) is 24.5 Å². The molecule has 0 radical (unpaired) electrons. The Morgan fingerprint density at radius 3 is 2.69 bits per heavy atom. The van der Waals surface area contributed by atoms with Crippen LogP contribution in [0.1, 0.15) is 37.7 Å². The number of rotatable bonds is 4. The lowest BCUT2D eigenvalue weighted by atomic mass is 9.91. The second-order valence-electron chi connectivity index (χ2n) is 9.43. The summed E-state index contributed by atoms with van der Waals surface area (Å²) in [6.07, 6.45) is 10.2. The third kappa shape index (κ3) is 3.31. The van der Waals surface area contributed by atoms with Crippen molar-refractivity contribution in [3.05, 3.63) is 30.1 Å². The van der Waals surface area contributed by atoms with E-state index in [0.29, 0.717) is 12.0 Å². The van der Waals surface area contributed by atoms with E-state index >= 15 is 0 Å². The average molecular weight is 436 g/mol. The lowest BCUT2D eigenvalue weighted by Crippen LogP contribution is -2.88. The van der Waals surface area contributed by atoms with E-state index in [-0.39, 0.29) is 5.91 Å². The van der Waals surface area contributed by atoms with Gasteiger partial charge in [0.2, 0.25) is 5.95 Å². The first-order valence-corrected chi connectivity index (χ1v) is 11.9. The predicted molar refractivity (Wildman–Crippen MR) is 122 cm³/mol. The normalized spacial score (nSPS) is 25.7. The SMILES string of the molecule is O=C1[NH2+]CCC12Cc1cnc(Nc3ccc(N4CCNCC4)cn3)nc1N2C1CCCC1. The molecule has 4 N–H and O–H groups in total. The summed E-state index contributed by atoms with van der Waals surface area (Å²) < 4.78 is 0. The first kappa shape index (κ1) is 19.9. The van der Waals surface area contributed by atoms with Gasteiger partial charge in [0.1, 0.15) is 11.6 Å². The van der Waals surface area contributed by atoms with E-state index < -0.39 is 5.54 Å². The zero-order valence-electron chi connectivity index (χ0n) is 18.4. The van der Waals surface area contributed by atoms with Crippen LogP contribution < -0.4 is 25.8 Å². The minimum absolute atomic E-state index is 0.266. The Balaban J connectivity index is 1.26. The van der Waals surface area contributed by atoms with Gasteiger partial charge in [-0.05, 0) is 25.0 Å². The van der Waals surface area contributed by atoms with Crippen LogP contribution >= 0.6 is 0 Å². The number of piperazine rings is 1. The smallest absolute Gasteiger partial charge is 0.336 e. The molecule has 32 heavy (non-hydrogen) atoms. The molecule has 1 saturated carbocycles. The molecule has 3 fully saturated rings. The van der Waals surface area contributed by atoms with Crippen LogP contribution in [-0.4, -0.2) is 65.2 Å². The van der Waals surface area contributed by atoms with Crippen LogP contribution in [0.2, 0.25) is 0 Å². The molecule has 1 aliphatic carbocycles. The summed E-state index contributed by atoms with van der Waals surface area (Å²) >= 11 is 0. The van der Waals surface area contributed by atoms with E-state index in [1.165, 1.54) is 12.8 Å². The molecule has 2 aromatic rings. The molecule has 5 heterocycles. The van der Waals surface area contributed by atoms with Crippen molar-refractivity contribution in [2.45, 2.75) is 50.1 Å². The topological polar surface area (TPSA) is 103 Å². The number of pyridine rings is 1. The van der Waals surface area contributed by atoms with E-state index in [1.807, 2.05) is 23.8 Å². The van der Waals surface area contributed by atoms with Crippen molar-refractivity contribution in [1.29, 1.82) is 0 Å². The highest BCUT2D eigenvalue weighted by molar-refractivity contribution is 5.87. The second-order valence-corrected chi connectivity index (χ2v) is 9.43. The number of fused-ring (bicyclic) bond motifs is 1. The number of nitrogens with two attached hydrogens (primary N) is 1. The number of nitrogens with zero attached hydrogens (tertiary/aromatic N) is 5. The van der Waals surface area contributed by atoms with Gasteiger partial charge in [-0.1, -0.05) is 12.8 Å². The maximum absolute atomic E-state index is 13.0. The van der Waals surface area contributed by atoms with Crippen molar-refractivity contribution in [3.63, 3.8) is 0 Å². The van der Waals surface area contributed by atoms with Crippen molar-refractivity contribution < 1.29 is 10.1 Å². The number of carbonyl (C=O) groups excluding carboxylic acids is 1. The molecule has 1 atom stereocenters. The number of anilines is 4. The van der Waals surface area contributed by atoms with Crippen molar-refractivity contribution >= 4 is 29.2 Å². The number of aromatic nitrogens is 3. The molecule has 1 spiro atoms. The number of nitrogens with one attached hydrogen (secondary N) is 2. The monoisotopic (exact) mass is 435 g/mol. The second kappa shape index (κ2) is 7.97. The van der Waals surface area contributed by atoms with E-state index in [0.717, 1.165) is 81.3 Å². The van der Waals surface area contributed by atoms with Gasteiger partial charge in [0.25, 0.3) is 0 Å². The van der Waals surface area contributed by atoms with Gasteiger partial charge in [0.15, 0.2) is 5.54 Å². The largest absolute Gasteiger partial charge is 0.368 e. The van der Waals surface area contributed by atoms with E-state index in [9.17, 15) is 4.79 Å². The highest BCUT2D eigenvalue weighted by Crippen LogP contribution is 2.45. The summed E-state index contributed by atoms with van der Waals surface area (Å²) in [6, 6.07) is 4.48. The average Bonchev–Trinajstić information content (AvgIpc) is 3.55. The zero-order chi connectivity index (χ0) is 21.5. The molecule has 0 aromatic carbocycles. The fourth-order valence-corrected chi connectivity index (χ4v) is 5.93. The molecule has 168 valence electrons. The van der Waals surface area contributed by atoms with E-state index in [4.69, 9.17) is 4.98 Å². The summed E-state index contributed by atoms with van der Waals surface area (Å²) in [5.74, 6) is 2.48. The standard InChI is InChI=1S/C23H30N8O/c32-21-23(7-8-25-21)13-16-14-27-22(29-20(16)31(23)17-3-1-2-4-17)28-19-6-5-18(15-26-19)30-11-9-24-10-12-30/h5-6,14-15,17,24H,1-4,7-13H2,(H,25,32)(H,26,27,28,29)/p+1. The zero-order valence-corrected chi connectivity index (χ0v) is 18.4. The molecule has 9 nitrogen and oxygen atoms in total. The molecule has 4 aliphatic rings. The van der Waals surface area contributed by atoms with Crippen molar-refractivity contribution in [3.8, 4) is 0 Å². The van der Waals surface area contributed by atoms with Crippen molar-refractivity contribution in [2.24, 2.45) is 0 Å². The summed E-state index contributed by atoms with van der Waals surface area (Å²) in [7, 11) is 0. The van der Waals surface area contributed by atoms with Gasteiger partial charge in [-0.25, -0.2) is 14.8 Å². The minimum atomic E-state index is -0.437. The number of hydrogen-bond acceptors (Lipinski definition) is 8. The molecule has 0 bridgehead atoms. The number of amides is 1. The third-order valence-electron chi connectivity index (χ3n) is 7.52. The molecular weight excluding hydrogens is 404 g/mol. The van der Waals surface area contributed by atoms with Crippen LogP contribution in [0.25, 0.3) is 0 Å². The maximum atomic E-state index is 13.0. The highest BCUT2D eigenvalue weighted by Gasteiger charge is 2.58. The third-order valence-corrected chi connectivity index (χ3v) is 7.52. The highest BCUT2D eigenvalue weighted by atomic mass is 16.2. The van der Waals surface area contributed by atoms with Gasteiger partial charge in [0, 0.05) is 56.8 Å². The van der Waals surface area contributed by atoms with Gasteiger partial charge in [-0.15, -0.1) is 0 Å². The number of carbonyl (C=O) groups is 1. The number of primary amides is 1. The van der Waals surface area contributed by atoms with Crippen LogP contribution in [0, 0.1) is 0 Å². The van der Waals surface area contributed by atoms with E-state index in [1.54, 1.807) is 0 Å². The predicted octanol–water partition coefficient (Wildman–Crippen LogP) is 0.562. The van der Waals surface area contributed by atoms with Gasteiger partial charge < -0.3 is 20.4 Å². The quantitative estimate of drug-likeness (QED) is 0.640. The molecule has 6 rings (SSSR count). The Hall–Kier alpha value is -2.78. The number of quaternary nitrogens is 1. The maximum Gasteiger partial charge on any atom is 0.336 e. The first-order valence-electron chi connectivity index (χ1n) is 11.9. The van der Waals surface area contributed by atoms with Gasteiger partial charge in [-0.2, -0.15) is 4.98 Å². The Kier molecular flexibility index (Phi) is 4.95. The molecule has 3 aliphatic heterocycles. The Morgan fingerprint density at radius 1 is 1.12 bits per heavy atom. The minimum Gasteiger partial charge on any atom is -0.368 e. The Bertz CT molecular complexity index is 1000. The Labute approximate surface area is 188 Å². The lowest BCUT2D eigenvalue weighted by Gasteiger charge is -2.37. The van der Waals surface area contributed by atoms with E-state index in [2.05, 4.69) is 36.5 Å². The van der Waals surface area contributed by atoms with Crippen molar-refractivity contribution in [1.82, 2.24) is 20.3 Å². The molecule has 9 heteroatoms. The molecule has 1 unspecified atom stereocenters. The molecule has 2 aromatic heterocycles. The fraction of sp³-hybridized carbons (Fsp3) is 0.565. The number of hydrogen-bond donors (Lipinski definition) is 3. The molecule has 1 amide bonds. The van der Waals surface area contributed by atoms with Gasteiger partial charge in [0.05, 0.1) is 18.4 Å². The summed E-state index contributed by atoms with van der Waals surface area (Å²) in [4.78, 5) is 31.8. The Morgan fingerprint density at radius 2 is 1.97 bits per heavy atom. The van der Waals surface area contributed by atoms with Crippen LogP contribution in [0.4, 0.5) is 23.3 Å². The van der Waals surface area contributed by atoms with Crippen LogP contribution in [0.5, 0.6) is 0 Å². The van der Waals surface area contributed by atoms with Crippen LogP contribution in [-0.2, 0) is 11.2 Å². The lowest BCUT2D eigenvalue weighted by molar-refractivity contribution is -0.555. The van der Waals surface area contributed by atoms with Crippen molar-refractivity contribution in [2.75, 3.05) is 47.8 Å². The summed E-state index contributed by atoms with van der Waals surface area (Å²) in [5, 5.41) is 8.54. The van der Waals surface area contributed by atoms with Gasteiger partial charge in [-0.3, -0.25) is 5.32 Å². The summed E-state index contributed by atoms with van der Waals surface area (Å²) in [5.41, 5.74) is 1.79. The molecule has 2 saturated heterocycles. The summed E-state index contributed by atoms with van der Waals surface area (Å²) in [6.45, 7) is 4.86. The fourth-order valence-electron chi connectivity index (χ4n) is 5.93. The van der Waals surface area contributed by atoms with Gasteiger partial charge >= 0.3 is 5.91 Å². The molecular formula is C23H31N8O+. The first-order chi connectivity index (χ1) is 15.7. The van der Waals surface area contributed by atoms with Crippen LogP contribution in [0.3, 0.4) is 0 Å².